The molecule has 0 saturated heterocycles. The molecule has 1 aromatic carbocycles. The van der Waals surface area contributed by atoms with Crippen LogP contribution in [0.25, 0.3) is 0 Å². The number of hydrogen-bond acceptors (Lipinski definition) is 6. The van der Waals surface area contributed by atoms with Gasteiger partial charge in [0.15, 0.2) is 12.4 Å². The van der Waals surface area contributed by atoms with Crippen LogP contribution in [0.15, 0.2) is 36.5 Å². The van der Waals surface area contributed by atoms with E-state index in [9.17, 15) is 9.59 Å². The molecule has 9 heteroatoms. The molecule has 0 radical (unpaired) electrons. The van der Waals surface area contributed by atoms with E-state index >= 15 is 0 Å². The zero-order valence-corrected chi connectivity index (χ0v) is 17.1. The van der Waals surface area contributed by atoms with E-state index in [1.807, 2.05) is 13.8 Å². The molecule has 0 aliphatic carbocycles. The maximum Gasteiger partial charge on any atom is 0.340 e. The molecule has 3 rings (SSSR count). The molecule has 2 heterocycles. The lowest BCUT2D eigenvalue weighted by atomic mass is 10.2. The van der Waals surface area contributed by atoms with Gasteiger partial charge in [-0.25, -0.2) is 9.48 Å². The monoisotopic (exact) mass is 419 g/mol. The number of anilines is 1. The average Bonchev–Trinajstić information content (AvgIpc) is 3.27. The number of amides is 1. The number of nitrogens with zero attached hydrogens (tertiary/aromatic N) is 2. The van der Waals surface area contributed by atoms with Crippen LogP contribution >= 0.6 is 22.9 Å². The van der Waals surface area contributed by atoms with Crippen LogP contribution in [0.4, 0.5) is 5.00 Å². The van der Waals surface area contributed by atoms with Crippen LogP contribution < -0.4 is 10.1 Å². The number of ether oxygens (including phenoxy) is 2. The molecular weight excluding hydrogens is 402 g/mol. The molecule has 28 heavy (non-hydrogen) atoms. The zero-order valence-electron chi connectivity index (χ0n) is 15.5. The summed E-state index contributed by atoms with van der Waals surface area (Å²) in [6.07, 6.45) is 1.64. The second-order valence-electron chi connectivity index (χ2n) is 5.97. The third-order valence-corrected chi connectivity index (χ3v) is 5.05. The highest BCUT2D eigenvalue weighted by Crippen LogP contribution is 2.28. The third kappa shape index (κ3) is 4.52. The highest BCUT2D eigenvalue weighted by atomic mass is 35.5. The molecule has 0 atom stereocenters. The summed E-state index contributed by atoms with van der Waals surface area (Å²) in [5, 5.41) is 7.99. The average molecular weight is 420 g/mol. The first-order chi connectivity index (χ1) is 13.4. The van der Waals surface area contributed by atoms with Gasteiger partial charge in [0, 0.05) is 16.1 Å². The Bertz CT molecular complexity index is 1030. The van der Waals surface area contributed by atoms with Gasteiger partial charge in [-0.3, -0.25) is 4.79 Å². The highest BCUT2D eigenvalue weighted by molar-refractivity contribution is 7.16. The number of hydrogen-bond donors (Lipinski definition) is 1. The Hall–Kier alpha value is -2.84. The van der Waals surface area contributed by atoms with Crippen molar-refractivity contribution >= 4 is 39.8 Å². The van der Waals surface area contributed by atoms with Gasteiger partial charge in [0.2, 0.25) is 0 Å². The predicted octanol–water partition coefficient (Wildman–Crippen LogP) is 4.29. The van der Waals surface area contributed by atoms with Crippen molar-refractivity contribution in [2.24, 2.45) is 0 Å². The van der Waals surface area contributed by atoms with E-state index < -0.39 is 11.9 Å². The van der Waals surface area contributed by atoms with Crippen molar-refractivity contribution in [1.29, 1.82) is 0 Å². The van der Waals surface area contributed by atoms with Crippen molar-refractivity contribution in [3.63, 3.8) is 0 Å². The molecule has 1 N–H and O–H groups in total. The number of rotatable bonds is 6. The van der Waals surface area contributed by atoms with Crippen molar-refractivity contribution in [2.75, 3.05) is 12.4 Å². The second-order valence-corrected chi connectivity index (χ2v) is 7.66. The Labute approximate surface area is 170 Å². The van der Waals surface area contributed by atoms with E-state index in [2.05, 4.69) is 10.4 Å². The maximum absolute atomic E-state index is 12.5. The Kier molecular flexibility index (Phi) is 6.01. The zero-order chi connectivity index (χ0) is 20.3. The lowest BCUT2D eigenvalue weighted by Crippen LogP contribution is -2.15. The Balaban J connectivity index is 1.67. The molecule has 0 fully saturated rings. The SMILES string of the molecule is COC(=O)c1cc(C)sc1NC(=O)c1ccn(COc2ccc(Cl)cc2C)n1. The lowest BCUT2D eigenvalue weighted by Gasteiger charge is -2.09. The fourth-order valence-electron chi connectivity index (χ4n) is 2.50. The number of esters is 1. The van der Waals surface area contributed by atoms with Gasteiger partial charge < -0.3 is 14.8 Å². The van der Waals surface area contributed by atoms with Gasteiger partial charge in [-0.1, -0.05) is 11.6 Å². The van der Waals surface area contributed by atoms with E-state index in [4.69, 9.17) is 21.1 Å². The summed E-state index contributed by atoms with van der Waals surface area (Å²) in [6, 6.07) is 8.58. The topological polar surface area (TPSA) is 82.5 Å². The first-order valence-electron chi connectivity index (χ1n) is 8.30. The maximum atomic E-state index is 12.5. The molecule has 0 aliphatic heterocycles. The summed E-state index contributed by atoms with van der Waals surface area (Å²) in [6.45, 7) is 3.88. The van der Waals surface area contributed by atoms with Gasteiger partial charge in [0.05, 0.1) is 12.7 Å². The summed E-state index contributed by atoms with van der Waals surface area (Å²) in [5.41, 5.74) is 1.43. The van der Waals surface area contributed by atoms with Crippen LogP contribution in [0, 0.1) is 13.8 Å². The number of carbonyl (C=O) groups excluding carboxylic acids is 2. The van der Waals surface area contributed by atoms with Gasteiger partial charge >= 0.3 is 5.97 Å². The standard InChI is InChI=1S/C19H18ClN3O4S/c1-11-8-13(20)4-5-16(11)27-10-23-7-6-15(22-23)17(24)21-18-14(19(25)26-3)9-12(2)28-18/h4-9H,10H2,1-3H3,(H,21,24). The van der Waals surface area contributed by atoms with Crippen molar-refractivity contribution in [1.82, 2.24) is 9.78 Å². The van der Waals surface area contributed by atoms with E-state index in [-0.39, 0.29) is 12.4 Å². The number of thiophene rings is 1. The molecule has 0 saturated carbocycles. The summed E-state index contributed by atoms with van der Waals surface area (Å²) < 4.78 is 12.0. The van der Waals surface area contributed by atoms with E-state index in [1.54, 1.807) is 36.5 Å². The van der Waals surface area contributed by atoms with Crippen LogP contribution in [0.1, 0.15) is 31.3 Å². The summed E-state index contributed by atoms with van der Waals surface area (Å²) in [4.78, 5) is 25.2. The quantitative estimate of drug-likeness (QED) is 0.602. The normalized spacial score (nSPS) is 10.6. The molecule has 3 aromatic rings. The molecule has 0 bridgehead atoms. The van der Waals surface area contributed by atoms with Crippen LogP contribution in [0.2, 0.25) is 5.02 Å². The molecule has 2 aromatic heterocycles. The van der Waals surface area contributed by atoms with Crippen LogP contribution in [-0.4, -0.2) is 28.8 Å². The van der Waals surface area contributed by atoms with Gasteiger partial charge in [-0.15, -0.1) is 11.3 Å². The van der Waals surface area contributed by atoms with Gasteiger partial charge in [-0.05, 0) is 49.7 Å². The van der Waals surface area contributed by atoms with Crippen molar-refractivity contribution < 1.29 is 19.1 Å². The van der Waals surface area contributed by atoms with Crippen LogP contribution in [-0.2, 0) is 11.5 Å². The number of nitrogens with one attached hydrogen (secondary N) is 1. The highest BCUT2D eigenvalue weighted by Gasteiger charge is 2.19. The summed E-state index contributed by atoms with van der Waals surface area (Å²) in [7, 11) is 1.30. The number of carbonyl (C=O) groups is 2. The Morgan fingerprint density at radius 1 is 1.25 bits per heavy atom. The number of methoxy groups -OCH3 is 1. The minimum atomic E-state index is -0.503. The molecule has 0 spiro atoms. The van der Waals surface area contributed by atoms with E-state index in [0.717, 1.165) is 10.4 Å². The number of aromatic nitrogens is 2. The minimum absolute atomic E-state index is 0.140. The van der Waals surface area contributed by atoms with Gasteiger partial charge in [-0.2, -0.15) is 5.10 Å². The van der Waals surface area contributed by atoms with Crippen molar-refractivity contribution in [3.05, 3.63) is 63.2 Å². The summed E-state index contributed by atoms with van der Waals surface area (Å²) >= 11 is 7.23. The summed E-state index contributed by atoms with van der Waals surface area (Å²) in [5.74, 6) is -0.243. The first-order valence-corrected chi connectivity index (χ1v) is 9.49. The molecule has 1 amide bonds. The largest absolute Gasteiger partial charge is 0.471 e. The second kappa shape index (κ2) is 8.45. The van der Waals surface area contributed by atoms with E-state index in [0.29, 0.717) is 21.3 Å². The Morgan fingerprint density at radius 3 is 2.75 bits per heavy atom. The van der Waals surface area contributed by atoms with E-state index in [1.165, 1.54) is 23.1 Å². The van der Waals surface area contributed by atoms with Gasteiger partial charge in [0.1, 0.15) is 10.8 Å². The number of halogens is 1. The molecule has 7 nitrogen and oxygen atoms in total. The third-order valence-electron chi connectivity index (χ3n) is 3.85. The smallest absolute Gasteiger partial charge is 0.340 e. The Morgan fingerprint density at radius 2 is 2.04 bits per heavy atom. The number of benzene rings is 1. The van der Waals surface area contributed by atoms with Crippen LogP contribution in [0.5, 0.6) is 5.75 Å². The minimum Gasteiger partial charge on any atom is -0.471 e. The molecule has 146 valence electrons. The molecule has 0 aliphatic rings. The predicted molar refractivity (Wildman–Crippen MR) is 107 cm³/mol. The number of aryl methyl sites for hydroxylation is 2. The van der Waals surface area contributed by atoms with Crippen LogP contribution in [0.3, 0.4) is 0 Å². The van der Waals surface area contributed by atoms with Crippen molar-refractivity contribution in [2.45, 2.75) is 20.6 Å². The molecular formula is C19H18ClN3O4S. The fraction of sp³-hybridized carbons (Fsp3) is 0.211. The fourth-order valence-corrected chi connectivity index (χ4v) is 3.62. The van der Waals surface area contributed by atoms with Gasteiger partial charge in [0.25, 0.3) is 5.91 Å². The van der Waals surface area contributed by atoms with Crippen molar-refractivity contribution in [3.8, 4) is 5.75 Å². The molecule has 0 unspecified atom stereocenters. The lowest BCUT2D eigenvalue weighted by molar-refractivity contribution is 0.0602. The first kappa shape index (κ1) is 19.9.